The molecule has 0 aromatic heterocycles. The van der Waals surface area contributed by atoms with Crippen LogP contribution in [0.4, 0.5) is 0 Å². The van der Waals surface area contributed by atoms with Crippen LogP contribution in [-0.4, -0.2) is 76.5 Å². The molecule has 7 nitrogen and oxygen atoms in total. The highest BCUT2D eigenvalue weighted by Gasteiger charge is 2.29. The Morgan fingerprint density at radius 2 is 1.81 bits per heavy atom. The van der Waals surface area contributed by atoms with Gasteiger partial charge in [0.15, 0.2) is 0 Å². The van der Waals surface area contributed by atoms with E-state index in [0.29, 0.717) is 50.1 Å². The zero-order valence-corrected chi connectivity index (χ0v) is 17.3. The van der Waals surface area contributed by atoms with Crippen molar-refractivity contribution in [1.29, 1.82) is 0 Å². The van der Waals surface area contributed by atoms with Crippen molar-refractivity contribution in [2.75, 3.05) is 53.0 Å². The average Bonchev–Trinajstić information content (AvgIpc) is 2.70. The molecular formula is C19H31N3O4S. The van der Waals surface area contributed by atoms with Gasteiger partial charge in [0.05, 0.1) is 18.0 Å². The molecule has 0 aliphatic carbocycles. The molecular weight excluding hydrogens is 366 g/mol. The second-order valence-corrected chi connectivity index (χ2v) is 8.77. The molecule has 0 bridgehead atoms. The molecule has 1 fully saturated rings. The summed E-state index contributed by atoms with van der Waals surface area (Å²) in [7, 11) is -1.91. The maximum Gasteiger partial charge on any atom is 0.243 e. The van der Waals surface area contributed by atoms with Gasteiger partial charge in [-0.2, -0.15) is 4.31 Å². The lowest BCUT2D eigenvalue weighted by Crippen LogP contribution is -2.52. The van der Waals surface area contributed by atoms with E-state index in [1.807, 2.05) is 12.1 Å². The standard InChI is InChI=1S/C19H31N3O4S/c1-4-16(2)17-5-7-18(8-6-17)27(24,25)22-12-10-21(11-13-22)19(23)15-20-9-14-26-3/h5-8,16,20H,4,9-15H2,1-3H3. The van der Waals surface area contributed by atoms with Crippen molar-refractivity contribution in [3.63, 3.8) is 0 Å². The van der Waals surface area contributed by atoms with Gasteiger partial charge in [-0.3, -0.25) is 4.79 Å². The molecule has 1 atom stereocenters. The van der Waals surface area contributed by atoms with Crippen LogP contribution in [0.2, 0.25) is 0 Å². The Balaban J connectivity index is 1.91. The molecule has 1 saturated heterocycles. The second-order valence-electron chi connectivity index (χ2n) is 6.83. The van der Waals surface area contributed by atoms with Crippen LogP contribution in [0, 0.1) is 0 Å². The average molecular weight is 398 g/mol. The molecule has 1 N–H and O–H groups in total. The van der Waals surface area contributed by atoms with Gasteiger partial charge in [-0.05, 0) is 30.0 Å². The summed E-state index contributed by atoms with van der Waals surface area (Å²) in [5.74, 6) is 0.398. The number of sulfonamides is 1. The molecule has 1 aromatic carbocycles. The van der Waals surface area contributed by atoms with Crippen molar-refractivity contribution in [2.24, 2.45) is 0 Å². The first-order valence-corrected chi connectivity index (χ1v) is 10.9. The fraction of sp³-hybridized carbons (Fsp3) is 0.632. The van der Waals surface area contributed by atoms with E-state index in [1.54, 1.807) is 24.1 Å². The second kappa shape index (κ2) is 10.2. The molecule has 8 heteroatoms. The molecule has 0 saturated carbocycles. The summed E-state index contributed by atoms with van der Waals surface area (Å²) < 4.78 is 32.1. The lowest BCUT2D eigenvalue weighted by atomic mass is 9.99. The van der Waals surface area contributed by atoms with Gasteiger partial charge in [0.25, 0.3) is 0 Å². The fourth-order valence-corrected chi connectivity index (χ4v) is 4.43. The number of nitrogens with zero attached hydrogens (tertiary/aromatic N) is 2. The van der Waals surface area contributed by atoms with Crippen LogP contribution in [0.15, 0.2) is 29.2 Å². The summed E-state index contributed by atoms with van der Waals surface area (Å²) in [6, 6.07) is 7.17. The van der Waals surface area contributed by atoms with Gasteiger partial charge in [0.2, 0.25) is 15.9 Å². The SMILES string of the molecule is CCC(C)c1ccc(S(=O)(=O)N2CCN(C(=O)CNCCOC)CC2)cc1. The molecule has 1 aliphatic rings. The van der Waals surface area contributed by atoms with Crippen LogP contribution < -0.4 is 5.32 Å². The van der Waals surface area contributed by atoms with Crippen molar-refractivity contribution in [3.05, 3.63) is 29.8 Å². The highest BCUT2D eigenvalue weighted by atomic mass is 32.2. The van der Waals surface area contributed by atoms with E-state index in [4.69, 9.17) is 4.74 Å². The number of amides is 1. The lowest BCUT2D eigenvalue weighted by Gasteiger charge is -2.34. The number of carbonyl (C=O) groups is 1. The lowest BCUT2D eigenvalue weighted by molar-refractivity contribution is -0.131. The molecule has 0 radical (unpaired) electrons. The number of carbonyl (C=O) groups excluding carboxylic acids is 1. The Kier molecular flexibility index (Phi) is 8.22. The van der Waals surface area contributed by atoms with E-state index >= 15 is 0 Å². The monoisotopic (exact) mass is 397 g/mol. The summed E-state index contributed by atoms with van der Waals surface area (Å²) in [6.07, 6.45) is 1.02. The Bertz CT molecular complexity index is 698. The molecule has 27 heavy (non-hydrogen) atoms. The number of hydrogen-bond donors (Lipinski definition) is 1. The third kappa shape index (κ3) is 5.75. The van der Waals surface area contributed by atoms with Crippen LogP contribution in [0.3, 0.4) is 0 Å². The number of nitrogens with one attached hydrogen (secondary N) is 1. The molecule has 1 amide bonds. The zero-order valence-electron chi connectivity index (χ0n) is 16.5. The van der Waals surface area contributed by atoms with Gasteiger partial charge in [0.1, 0.15) is 0 Å². The van der Waals surface area contributed by atoms with Gasteiger partial charge in [-0.1, -0.05) is 26.0 Å². The molecule has 1 aromatic rings. The maximum absolute atomic E-state index is 12.9. The van der Waals surface area contributed by atoms with Gasteiger partial charge in [-0.15, -0.1) is 0 Å². The number of ether oxygens (including phenoxy) is 1. The van der Waals surface area contributed by atoms with Crippen LogP contribution in [0.5, 0.6) is 0 Å². The number of methoxy groups -OCH3 is 1. The first kappa shape index (κ1) is 21.8. The van der Waals surface area contributed by atoms with Crippen LogP contribution in [-0.2, 0) is 19.6 Å². The minimum absolute atomic E-state index is 0.0129. The van der Waals surface area contributed by atoms with Crippen molar-refractivity contribution >= 4 is 15.9 Å². The number of hydrogen-bond acceptors (Lipinski definition) is 5. The van der Waals surface area contributed by atoms with E-state index in [9.17, 15) is 13.2 Å². The van der Waals surface area contributed by atoms with Crippen LogP contribution in [0.1, 0.15) is 31.7 Å². The summed E-state index contributed by atoms with van der Waals surface area (Å²) in [5, 5.41) is 3.02. The highest BCUT2D eigenvalue weighted by molar-refractivity contribution is 7.89. The Labute approximate surface area is 162 Å². The van der Waals surface area contributed by atoms with Crippen molar-refractivity contribution in [1.82, 2.24) is 14.5 Å². The van der Waals surface area contributed by atoms with Gasteiger partial charge in [0, 0.05) is 39.8 Å². The van der Waals surface area contributed by atoms with E-state index in [1.165, 1.54) is 4.31 Å². The number of rotatable bonds is 9. The third-order valence-corrected chi connectivity index (χ3v) is 6.96. The Hall–Kier alpha value is -1.48. The first-order valence-electron chi connectivity index (χ1n) is 9.47. The summed E-state index contributed by atoms with van der Waals surface area (Å²) >= 11 is 0. The first-order chi connectivity index (χ1) is 12.9. The molecule has 1 unspecified atom stereocenters. The van der Waals surface area contributed by atoms with E-state index in [2.05, 4.69) is 19.2 Å². The predicted molar refractivity (Wildman–Crippen MR) is 105 cm³/mol. The molecule has 152 valence electrons. The highest BCUT2D eigenvalue weighted by Crippen LogP contribution is 2.23. The van der Waals surface area contributed by atoms with Crippen LogP contribution in [0.25, 0.3) is 0 Å². The Morgan fingerprint density at radius 1 is 1.19 bits per heavy atom. The summed E-state index contributed by atoms with van der Waals surface area (Å²) in [4.78, 5) is 14.2. The molecule has 0 spiro atoms. The quantitative estimate of drug-likeness (QED) is 0.635. The third-order valence-electron chi connectivity index (χ3n) is 5.05. The van der Waals surface area contributed by atoms with Gasteiger partial charge < -0.3 is 15.0 Å². The number of piperazine rings is 1. The smallest absolute Gasteiger partial charge is 0.243 e. The normalized spacial score (nSPS) is 17.1. The van der Waals surface area contributed by atoms with E-state index in [-0.39, 0.29) is 12.5 Å². The van der Waals surface area contributed by atoms with Crippen molar-refractivity contribution < 1.29 is 17.9 Å². The summed E-state index contributed by atoms with van der Waals surface area (Å²) in [6.45, 7) is 7.11. The molecule has 1 heterocycles. The topological polar surface area (TPSA) is 79.0 Å². The minimum Gasteiger partial charge on any atom is -0.383 e. The largest absolute Gasteiger partial charge is 0.383 e. The minimum atomic E-state index is -3.52. The number of benzene rings is 1. The van der Waals surface area contributed by atoms with E-state index in [0.717, 1.165) is 12.0 Å². The maximum atomic E-state index is 12.9. The van der Waals surface area contributed by atoms with Crippen LogP contribution >= 0.6 is 0 Å². The predicted octanol–water partition coefficient (Wildman–Crippen LogP) is 1.27. The van der Waals surface area contributed by atoms with E-state index < -0.39 is 10.0 Å². The van der Waals surface area contributed by atoms with Gasteiger partial charge in [-0.25, -0.2) is 8.42 Å². The molecule has 2 rings (SSSR count). The van der Waals surface area contributed by atoms with Crippen molar-refractivity contribution in [2.45, 2.75) is 31.1 Å². The molecule has 1 aliphatic heterocycles. The summed E-state index contributed by atoms with van der Waals surface area (Å²) in [5.41, 5.74) is 1.15. The van der Waals surface area contributed by atoms with Gasteiger partial charge >= 0.3 is 0 Å². The zero-order chi connectivity index (χ0) is 19.9. The van der Waals surface area contributed by atoms with Crippen molar-refractivity contribution in [3.8, 4) is 0 Å². The Morgan fingerprint density at radius 3 is 2.37 bits per heavy atom. The fourth-order valence-electron chi connectivity index (χ4n) is 3.01.